The number of ether oxygens (including phenoxy) is 1. The fraction of sp³-hybridized carbons (Fsp3) is 0.160. The first-order chi connectivity index (χ1) is 14.2. The molecule has 0 unspecified atom stereocenters. The lowest BCUT2D eigenvalue weighted by molar-refractivity contribution is 0.143. The van der Waals surface area contributed by atoms with Crippen molar-refractivity contribution in [2.75, 3.05) is 13.2 Å². The maximum Gasteiger partial charge on any atom is 0.407 e. The van der Waals surface area contributed by atoms with Gasteiger partial charge < -0.3 is 10.1 Å². The van der Waals surface area contributed by atoms with Crippen LogP contribution < -0.4 is 5.32 Å². The zero-order valence-electron chi connectivity index (χ0n) is 16.0. The summed E-state index contributed by atoms with van der Waals surface area (Å²) >= 11 is 5.97. The van der Waals surface area contributed by atoms with E-state index in [4.69, 9.17) is 16.3 Å². The highest BCUT2D eigenvalue weighted by atomic mass is 35.5. The van der Waals surface area contributed by atoms with Crippen LogP contribution in [0.5, 0.6) is 0 Å². The van der Waals surface area contributed by atoms with E-state index in [2.05, 4.69) is 29.6 Å². The second kappa shape index (κ2) is 8.97. The number of nitrogens with one attached hydrogen (secondary N) is 1. The molecule has 0 heterocycles. The Balaban J connectivity index is 1.28. The highest BCUT2D eigenvalue weighted by molar-refractivity contribution is 6.30. The van der Waals surface area contributed by atoms with Crippen LogP contribution in [-0.2, 0) is 4.74 Å². The molecule has 0 aliphatic heterocycles. The van der Waals surface area contributed by atoms with Gasteiger partial charge in [-0.15, -0.1) is 0 Å². The summed E-state index contributed by atoms with van der Waals surface area (Å²) in [4.78, 5) is 12.1. The number of rotatable bonds is 6. The minimum absolute atomic E-state index is 0.0795. The number of halogens is 1. The Labute approximate surface area is 176 Å². The molecule has 4 rings (SSSR count). The van der Waals surface area contributed by atoms with E-state index in [1.54, 1.807) is 0 Å². The molecule has 1 aliphatic carbocycles. The number of benzene rings is 3. The summed E-state index contributed by atoms with van der Waals surface area (Å²) in [6.45, 7) is 0.853. The molecule has 0 radical (unpaired) electrons. The zero-order chi connectivity index (χ0) is 20.1. The van der Waals surface area contributed by atoms with Crippen molar-refractivity contribution < 1.29 is 9.53 Å². The minimum Gasteiger partial charge on any atom is -0.449 e. The Morgan fingerprint density at radius 1 is 0.966 bits per heavy atom. The molecule has 3 nitrogen and oxygen atoms in total. The van der Waals surface area contributed by atoms with Crippen molar-refractivity contribution in [3.63, 3.8) is 0 Å². The third-order valence-corrected chi connectivity index (χ3v) is 5.32. The van der Waals surface area contributed by atoms with Gasteiger partial charge in [0.25, 0.3) is 0 Å². The first-order valence-corrected chi connectivity index (χ1v) is 10.1. The smallest absolute Gasteiger partial charge is 0.407 e. The average molecular weight is 404 g/mol. The van der Waals surface area contributed by atoms with E-state index < -0.39 is 0 Å². The summed E-state index contributed by atoms with van der Waals surface area (Å²) in [6.07, 6.45) is 4.33. The number of carbonyl (C=O) groups is 1. The summed E-state index contributed by atoms with van der Waals surface area (Å²) in [5.41, 5.74) is 5.92. The largest absolute Gasteiger partial charge is 0.449 e. The Hall–Kier alpha value is -3.04. The molecule has 146 valence electrons. The van der Waals surface area contributed by atoms with Gasteiger partial charge in [-0.2, -0.15) is 0 Å². The molecule has 0 fully saturated rings. The van der Waals surface area contributed by atoms with E-state index in [0.29, 0.717) is 18.2 Å². The van der Waals surface area contributed by atoms with Gasteiger partial charge in [-0.25, -0.2) is 4.79 Å². The van der Waals surface area contributed by atoms with Gasteiger partial charge in [-0.05, 0) is 46.4 Å². The molecule has 0 spiro atoms. The lowest BCUT2D eigenvalue weighted by Gasteiger charge is -2.14. The van der Waals surface area contributed by atoms with Crippen LogP contribution in [0.25, 0.3) is 17.2 Å². The van der Waals surface area contributed by atoms with Gasteiger partial charge in [-0.3, -0.25) is 0 Å². The lowest BCUT2D eigenvalue weighted by Crippen LogP contribution is -2.26. The average Bonchev–Trinajstić information content (AvgIpc) is 3.06. The molecule has 1 amide bonds. The van der Waals surface area contributed by atoms with Crippen LogP contribution in [0.3, 0.4) is 0 Å². The van der Waals surface area contributed by atoms with Crippen LogP contribution in [0.2, 0.25) is 5.02 Å². The van der Waals surface area contributed by atoms with E-state index in [0.717, 1.165) is 12.0 Å². The highest BCUT2D eigenvalue weighted by Crippen LogP contribution is 2.44. The van der Waals surface area contributed by atoms with Gasteiger partial charge in [0.15, 0.2) is 0 Å². The molecule has 4 heteroatoms. The Morgan fingerprint density at radius 3 is 2.34 bits per heavy atom. The molecule has 0 saturated heterocycles. The second-order valence-corrected chi connectivity index (χ2v) is 7.43. The van der Waals surface area contributed by atoms with Gasteiger partial charge in [0.1, 0.15) is 6.61 Å². The van der Waals surface area contributed by atoms with Gasteiger partial charge in [-0.1, -0.05) is 84.4 Å². The lowest BCUT2D eigenvalue weighted by atomic mass is 9.98. The van der Waals surface area contributed by atoms with E-state index in [1.807, 2.05) is 60.7 Å². The van der Waals surface area contributed by atoms with Crippen molar-refractivity contribution in [3.05, 3.63) is 101 Å². The summed E-state index contributed by atoms with van der Waals surface area (Å²) in [7, 11) is 0. The summed E-state index contributed by atoms with van der Waals surface area (Å²) < 4.78 is 5.53. The molecule has 29 heavy (non-hydrogen) atoms. The summed E-state index contributed by atoms with van der Waals surface area (Å²) in [5.74, 6) is 0.0795. The maximum absolute atomic E-state index is 12.1. The van der Waals surface area contributed by atoms with Crippen LogP contribution in [0.1, 0.15) is 29.0 Å². The predicted molar refractivity (Wildman–Crippen MR) is 118 cm³/mol. The van der Waals surface area contributed by atoms with Crippen LogP contribution >= 0.6 is 11.6 Å². The van der Waals surface area contributed by atoms with Crippen molar-refractivity contribution in [1.29, 1.82) is 0 Å². The normalized spacial score (nSPS) is 12.6. The van der Waals surface area contributed by atoms with Gasteiger partial charge in [0.05, 0.1) is 0 Å². The predicted octanol–water partition coefficient (Wildman–Crippen LogP) is 6.28. The summed E-state index contributed by atoms with van der Waals surface area (Å²) in [5, 5.41) is 3.53. The van der Waals surface area contributed by atoms with Crippen molar-refractivity contribution >= 4 is 23.8 Å². The first-order valence-electron chi connectivity index (χ1n) is 9.73. The van der Waals surface area contributed by atoms with E-state index in [9.17, 15) is 4.79 Å². The third-order valence-electron chi connectivity index (χ3n) is 5.08. The molecule has 0 aromatic heterocycles. The van der Waals surface area contributed by atoms with Crippen molar-refractivity contribution in [3.8, 4) is 11.1 Å². The molecule has 0 atom stereocenters. The molecular weight excluding hydrogens is 382 g/mol. The van der Waals surface area contributed by atoms with Gasteiger partial charge in [0, 0.05) is 17.5 Å². The fourth-order valence-electron chi connectivity index (χ4n) is 3.74. The number of fused-ring (bicyclic) bond motifs is 3. The number of carbonyl (C=O) groups excluding carboxylic acids is 1. The molecule has 0 bridgehead atoms. The monoisotopic (exact) mass is 403 g/mol. The second-order valence-electron chi connectivity index (χ2n) is 7.00. The maximum atomic E-state index is 12.1. The van der Waals surface area contributed by atoms with Gasteiger partial charge >= 0.3 is 6.09 Å². The molecule has 3 aromatic carbocycles. The van der Waals surface area contributed by atoms with Crippen molar-refractivity contribution in [1.82, 2.24) is 5.32 Å². The van der Waals surface area contributed by atoms with Crippen LogP contribution in [0.15, 0.2) is 78.9 Å². The SMILES string of the molecule is O=C(NCCC=Cc1cccc(Cl)c1)OCC1c2ccccc2-c2ccccc21. The van der Waals surface area contributed by atoms with Crippen molar-refractivity contribution in [2.24, 2.45) is 0 Å². The number of hydrogen-bond acceptors (Lipinski definition) is 2. The van der Waals surface area contributed by atoms with E-state index in [-0.39, 0.29) is 12.0 Å². The van der Waals surface area contributed by atoms with Crippen LogP contribution in [0, 0.1) is 0 Å². The summed E-state index contributed by atoms with van der Waals surface area (Å²) in [6, 6.07) is 24.3. The Kier molecular flexibility index (Phi) is 5.97. The molecule has 3 aromatic rings. The van der Waals surface area contributed by atoms with Crippen molar-refractivity contribution in [2.45, 2.75) is 12.3 Å². The highest BCUT2D eigenvalue weighted by Gasteiger charge is 2.28. The molecule has 1 aliphatic rings. The fourth-order valence-corrected chi connectivity index (χ4v) is 3.94. The first kappa shape index (κ1) is 19.3. The number of alkyl carbamates (subject to hydrolysis) is 1. The number of hydrogen-bond donors (Lipinski definition) is 1. The zero-order valence-corrected chi connectivity index (χ0v) is 16.7. The van der Waals surface area contributed by atoms with Crippen LogP contribution in [-0.4, -0.2) is 19.2 Å². The van der Waals surface area contributed by atoms with E-state index in [1.165, 1.54) is 22.3 Å². The Bertz CT molecular complexity index is 999. The number of amides is 1. The standard InChI is InChI=1S/C25H22ClNO2/c26-19-10-7-9-18(16-19)8-5-6-15-27-25(28)29-17-24-22-13-3-1-11-20(22)21-12-2-4-14-23(21)24/h1-5,7-14,16,24H,6,15,17H2,(H,27,28). The van der Waals surface area contributed by atoms with Gasteiger partial charge in [0.2, 0.25) is 0 Å². The Morgan fingerprint density at radius 2 is 1.66 bits per heavy atom. The molecular formula is C25H22ClNO2. The van der Waals surface area contributed by atoms with E-state index >= 15 is 0 Å². The quantitative estimate of drug-likeness (QED) is 0.491. The van der Waals surface area contributed by atoms with Crippen LogP contribution in [0.4, 0.5) is 4.79 Å². The topological polar surface area (TPSA) is 38.3 Å². The third kappa shape index (κ3) is 4.52. The molecule has 0 saturated carbocycles. The minimum atomic E-state index is -0.386. The molecule has 1 N–H and O–H groups in total.